The standard InChI is InChI=1S/C20H19NO2/c1-21(2)18-10-6-9-16(12-18)13-19-14-17(20(22)23-19)11-15-7-4-3-5-8-15/h3-10,12-14H,11H2,1-2H3/b19-13-. The third kappa shape index (κ3) is 3.69. The first-order valence-corrected chi connectivity index (χ1v) is 7.57. The number of hydrogen-bond acceptors (Lipinski definition) is 3. The number of benzene rings is 2. The van der Waals surface area contributed by atoms with Crippen LogP contribution in [-0.4, -0.2) is 20.1 Å². The highest BCUT2D eigenvalue weighted by atomic mass is 16.5. The minimum atomic E-state index is -0.260. The summed E-state index contributed by atoms with van der Waals surface area (Å²) >= 11 is 0. The zero-order chi connectivity index (χ0) is 16.2. The average molecular weight is 305 g/mol. The molecule has 2 aromatic carbocycles. The van der Waals surface area contributed by atoms with E-state index in [1.165, 1.54) is 0 Å². The lowest BCUT2D eigenvalue weighted by atomic mass is 10.1. The van der Waals surface area contributed by atoms with Crippen molar-refractivity contribution in [3.05, 3.63) is 83.1 Å². The molecule has 3 nitrogen and oxygen atoms in total. The number of carbonyl (C=O) groups is 1. The molecule has 0 fully saturated rings. The number of rotatable bonds is 4. The maximum atomic E-state index is 12.0. The van der Waals surface area contributed by atoms with Crippen molar-refractivity contribution in [2.24, 2.45) is 0 Å². The number of allylic oxidation sites excluding steroid dienone is 1. The number of esters is 1. The van der Waals surface area contributed by atoms with E-state index in [1.807, 2.05) is 79.7 Å². The molecule has 0 aromatic heterocycles. The second-order valence-corrected chi connectivity index (χ2v) is 5.76. The highest BCUT2D eigenvalue weighted by Gasteiger charge is 2.21. The number of nitrogens with zero attached hydrogens (tertiary/aromatic N) is 1. The smallest absolute Gasteiger partial charge is 0.339 e. The zero-order valence-corrected chi connectivity index (χ0v) is 13.3. The molecule has 23 heavy (non-hydrogen) atoms. The van der Waals surface area contributed by atoms with Crippen LogP contribution in [0.5, 0.6) is 0 Å². The Morgan fingerprint density at radius 3 is 2.57 bits per heavy atom. The lowest BCUT2D eigenvalue weighted by molar-refractivity contribution is -0.133. The highest BCUT2D eigenvalue weighted by Crippen LogP contribution is 2.24. The quantitative estimate of drug-likeness (QED) is 0.804. The summed E-state index contributed by atoms with van der Waals surface area (Å²) in [6, 6.07) is 18.0. The molecule has 0 radical (unpaired) electrons. The van der Waals surface area contributed by atoms with E-state index >= 15 is 0 Å². The maximum absolute atomic E-state index is 12.0. The van der Waals surface area contributed by atoms with Gasteiger partial charge in [0.1, 0.15) is 5.76 Å². The summed E-state index contributed by atoms with van der Waals surface area (Å²) in [5, 5.41) is 0. The summed E-state index contributed by atoms with van der Waals surface area (Å²) in [7, 11) is 4.00. The molecule has 1 heterocycles. The van der Waals surface area contributed by atoms with Gasteiger partial charge in [-0.05, 0) is 35.4 Å². The summed E-state index contributed by atoms with van der Waals surface area (Å²) < 4.78 is 5.37. The molecule has 116 valence electrons. The number of ether oxygens (including phenoxy) is 1. The van der Waals surface area contributed by atoms with Crippen LogP contribution >= 0.6 is 0 Å². The summed E-state index contributed by atoms with van der Waals surface area (Å²) in [6.07, 6.45) is 4.31. The van der Waals surface area contributed by atoms with Gasteiger partial charge in [0.05, 0.1) is 0 Å². The Kier molecular flexibility index (Phi) is 4.29. The SMILES string of the molecule is CN(C)c1cccc(/C=C2/C=C(Cc3ccccc3)C(=O)O2)c1. The van der Waals surface area contributed by atoms with Gasteiger partial charge in [-0.2, -0.15) is 0 Å². The van der Waals surface area contributed by atoms with Crippen molar-refractivity contribution in [2.45, 2.75) is 6.42 Å². The summed E-state index contributed by atoms with van der Waals surface area (Å²) in [4.78, 5) is 14.1. The molecule has 1 aliphatic rings. The molecule has 0 atom stereocenters. The summed E-state index contributed by atoms with van der Waals surface area (Å²) in [5.74, 6) is 0.334. The molecule has 1 aliphatic heterocycles. The van der Waals surface area contributed by atoms with Crippen molar-refractivity contribution in [1.29, 1.82) is 0 Å². The van der Waals surface area contributed by atoms with E-state index in [0.717, 1.165) is 16.8 Å². The third-order valence-electron chi connectivity index (χ3n) is 3.72. The Morgan fingerprint density at radius 1 is 1.04 bits per heavy atom. The summed E-state index contributed by atoms with van der Waals surface area (Å²) in [6.45, 7) is 0. The Hall–Kier alpha value is -2.81. The number of anilines is 1. The predicted molar refractivity (Wildman–Crippen MR) is 93.1 cm³/mol. The van der Waals surface area contributed by atoms with Gasteiger partial charge in [-0.25, -0.2) is 4.79 Å². The number of cyclic esters (lactones) is 1. The van der Waals surface area contributed by atoms with Gasteiger partial charge in [0, 0.05) is 31.8 Å². The molecule has 3 rings (SSSR count). The van der Waals surface area contributed by atoms with Gasteiger partial charge < -0.3 is 9.64 Å². The van der Waals surface area contributed by atoms with Crippen LogP contribution in [0.25, 0.3) is 6.08 Å². The van der Waals surface area contributed by atoms with E-state index in [0.29, 0.717) is 17.8 Å². The van der Waals surface area contributed by atoms with Crippen LogP contribution in [0, 0.1) is 0 Å². The minimum Gasteiger partial charge on any atom is -0.423 e. The molecule has 0 unspecified atom stereocenters. The van der Waals surface area contributed by atoms with Gasteiger partial charge in [-0.1, -0.05) is 42.5 Å². The van der Waals surface area contributed by atoms with Gasteiger partial charge in [0.2, 0.25) is 0 Å². The van der Waals surface area contributed by atoms with Gasteiger partial charge in [0.15, 0.2) is 0 Å². The fourth-order valence-electron chi connectivity index (χ4n) is 2.50. The molecule has 0 amide bonds. The van der Waals surface area contributed by atoms with Crippen LogP contribution in [0.4, 0.5) is 5.69 Å². The topological polar surface area (TPSA) is 29.5 Å². The molecule has 0 aliphatic carbocycles. The first kappa shape index (κ1) is 15.1. The second-order valence-electron chi connectivity index (χ2n) is 5.76. The molecule has 0 bridgehead atoms. The van der Waals surface area contributed by atoms with Crippen molar-refractivity contribution < 1.29 is 9.53 Å². The highest BCUT2D eigenvalue weighted by molar-refractivity contribution is 5.94. The molecular formula is C20H19NO2. The molecule has 0 spiro atoms. The number of carbonyl (C=O) groups excluding carboxylic acids is 1. The first-order valence-electron chi connectivity index (χ1n) is 7.57. The van der Waals surface area contributed by atoms with Crippen molar-refractivity contribution in [3.8, 4) is 0 Å². The van der Waals surface area contributed by atoms with Crippen molar-refractivity contribution in [1.82, 2.24) is 0 Å². The van der Waals surface area contributed by atoms with E-state index in [4.69, 9.17) is 4.74 Å². The van der Waals surface area contributed by atoms with Crippen molar-refractivity contribution in [2.75, 3.05) is 19.0 Å². The van der Waals surface area contributed by atoms with Crippen molar-refractivity contribution >= 4 is 17.7 Å². The van der Waals surface area contributed by atoms with E-state index < -0.39 is 0 Å². The Labute approximate surface area is 136 Å². The molecule has 3 heteroatoms. The van der Waals surface area contributed by atoms with Gasteiger partial charge in [-0.3, -0.25) is 0 Å². The lowest BCUT2D eigenvalue weighted by Crippen LogP contribution is -2.08. The Bertz CT molecular complexity index is 773. The summed E-state index contributed by atoms with van der Waals surface area (Å²) in [5.41, 5.74) is 3.91. The maximum Gasteiger partial charge on any atom is 0.339 e. The fourth-order valence-corrected chi connectivity index (χ4v) is 2.50. The van der Waals surface area contributed by atoms with Crippen LogP contribution in [-0.2, 0) is 16.0 Å². The second kappa shape index (κ2) is 6.53. The predicted octanol–water partition coefficient (Wildman–Crippen LogP) is 3.82. The van der Waals surface area contributed by atoms with Crippen LogP contribution in [0.3, 0.4) is 0 Å². The third-order valence-corrected chi connectivity index (χ3v) is 3.72. The molecule has 2 aromatic rings. The average Bonchev–Trinajstić information content (AvgIpc) is 2.88. The van der Waals surface area contributed by atoms with Crippen LogP contribution in [0.2, 0.25) is 0 Å². The largest absolute Gasteiger partial charge is 0.423 e. The Morgan fingerprint density at radius 2 is 1.83 bits per heavy atom. The van der Waals surface area contributed by atoms with E-state index in [1.54, 1.807) is 0 Å². The fraction of sp³-hybridized carbons (Fsp3) is 0.150. The van der Waals surface area contributed by atoms with Crippen LogP contribution in [0.1, 0.15) is 11.1 Å². The van der Waals surface area contributed by atoms with E-state index in [-0.39, 0.29) is 5.97 Å². The Balaban J connectivity index is 1.81. The van der Waals surface area contributed by atoms with Gasteiger partial charge in [-0.15, -0.1) is 0 Å². The van der Waals surface area contributed by atoms with Crippen molar-refractivity contribution in [3.63, 3.8) is 0 Å². The molecule has 0 saturated heterocycles. The van der Waals surface area contributed by atoms with Gasteiger partial charge >= 0.3 is 5.97 Å². The first-order chi connectivity index (χ1) is 11.1. The molecular weight excluding hydrogens is 286 g/mol. The van der Waals surface area contributed by atoms with Crippen LogP contribution < -0.4 is 4.90 Å². The minimum absolute atomic E-state index is 0.260. The monoisotopic (exact) mass is 305 g/mol. The zero-order valence-electron chi connectivity index (χ0n) is 13.3. The molecule has 0 saturated carbocycles. The van der Waals surface area contributed by atoms with E-state index in [9.17, 15) is 4.79 Å². The normalized spacial score (nSPS) is 15.5. The van der Waals surface area contributed by atoms with E-state index in [2.05, 4.69) is 6.07 Å². The lowest BCUT2D eigenvalue weighted by Gasteiger charge is -2.12. The van der Waals surface area contributed by atoms with Crippen LogP contribution in [0.15, 0.2) is 72.0 Å². The molecule has 0 N–H and O–H groups in total. The number of hydrogen-bond donors (Lipinski definition) is 0. The van der Waals surface area contributed by atoms with Gasteiger partial charge in [0.25, 0.3) is 0 Å².